The lowest BCUT2D eigenvalue weighted by Crippen LogP contribution is -2.06. The fraction of sp³-hybridized carbons (Fsp3) is 0.231. The maximum absolute atomic E-state index is 11.7. The number of carbonyl (C=O) groups excluding carboxylic acids is 1. The minimum atomic E-state index is -0.466. The van der Waals surface area contributed by atoms with Gasteiger partial charge in [0.2, 0.25) is 0 Å². The van der Waals surface area contributed by atoms with Crippen LogP contribution in [0.2, 0.25) is 0 Å². The molecule has 0 aromatic heterocycles. The van der Waals surface area contributed by atoms with Gasteiger partial charge in [0, 0.05) is 0 Å². The Morgan fingerprint density at radius 2 is 2.11 bits per heavy atom. The maximum atomic E-state index is 11.7. The van der Waals surface area contributed by atoms with E-state index in [1.165, 1.54) is 26.7 Å². The van der Waals surface area contributed by atoms with Crippen LogP contribution in [0.3, 0.4) is 0 Å². The van der Waals surface area contributed by atoms with E-state index in [9.17, 15) is 4.79 Å². The van der Waals surface area contributed by atoms with Crippen molar-refractivity contribution in [2.75, 3.05) is 14.2 Å². The van der Waals surface area contributed by atoms with Crippen molar-refractivity contribution in [3.63, 3.8) is 0 Å². The van der Waals surface area contributed by atoms with E-state index >= 15 is 0 Å². The molecule has 0 radical (unpaired) electrons. The number of ether oxygens (including phenoxy) is 2. The van der Waals surface area contributed by atoms with E-state index in [1.54, 1.807) is 6.07 Å². The molecular weight excluding hydrogens is 264 g/mol. The fourth-order valence-corrected chi connectivity index (χ4v) is 1.60. The van der Waals surface area contributed by atoms with Gasteiger partial charge in [-0.2, -0.15) is 0 Å². The Morgan fingerprint density at radius 3 is 2.68 bits per heavy atom. The van der Waals surface area contributed by atoms with Crippen molar-refractivity contribution in [3.8, 4) is 0 Å². The van der Waals surface area contributed by atoms with Crippen LogP contribution < -0.4 is 0 Å². The molecule has 0 aliphatic carbocycles. The van der Waals surface area contributed by atoms with Gasteiger partial charge >= 0.3 is 5.97 Å². The van der Waals surface area contributed by atoms with Gasteiger partial charge in [-0.1, -0.05) is 16.6 Å². The molecular formula is C13H14N2O3S. The predicted molar refractivity (Wildman–Crippen MR) is 75.6 cm³/mol. The third-order valence-electron chi connectivity index (χ3n) is 2.45. The SMILES string of the molecule is CO/C=C(/C(=O)OC)c1cc(/C=N\N=S)ccc1C. The van der Waals surface area contributed by atoms with Crippen molar-refractivity contribution in [2.45, 2.75) is 6.92 Å². The smallest absolute Gasteiger partial charge is 0.341 e. The molecule has 1 aromatic rings. The summed E-state index contributed by atoms with van der Waals surface area (Å²) >= 11 is 4.38. The molecule has 6 heteroatoms. The molecule has 0 aliphatic heterocycles. The summed E-state index contributed by atoms with van der Waals surface area (Å²) in [7, 11) is 2.79. The highest BCUT2D eigenvalue weighted by atomic mass is 32.1. The monoisotopic (exact) mass is 278 g/mol. The first-order valence-corrected chi connectivity index (χ1v) is 5.78. The molecule has 1 aromatic carbocycles. The Labute approximate surface area is 117 Å². The van der Waals surface area contributed by atoms with Crippen LogP contribution in [-0.2, 0) is 26.7 Å². The number of methoxy groups -OCH3 is 2. The van der Waals surface area contributed by atoms with Crippen LogP contribution in [0.1, 0.15) is 16.7 Å². The third-order valence-corrected chi connectivity index (χ3v) is 2.54. The van der Waals surface area contributed by atoms with E-state index < -0.39 is 5.97 Å². The normalized spacial score (nSPS) is 11.4. The lowest BCUT2D eigenvalue weighted by atomic mass is 9.99. The molecule has 0 N–H and O–H groups in total. The Hall–Kier alpha value is -2.08. The number of benzene rings is 1. The molecule has 19 heavy (non-hydrogen) atoms. The molecule has 0 bridgehead atoms. The standard InChI is InChI=1S/C13H14N2O3S/c1-9-4-5-10(7-14-15-19)6-11(9)12(8-17-2)13(16)18-3/h4-8H,1-3H3/b12-8+,14-7-. The van der Waals surface area contributed by atoms with Crippen molar-refractivity contribution in [3.05, 3.63) is 41.2 Å². The lowest BCUT2D eigenvalue weighted by molar-refractivity contribution is -0.133. The Morgan fingerprint density at radius 1 is 1.37 bits per heavy atom. The molecule has 5 nitrogen and oxygen atoms in total. The van der Waals surface area contributed by atoms with Gasteiger partial charge in [-0.05, 0) is 29.7 Å². The van der Waals surface area contributed by atoms with Crippen LogP contribution in [0.25, 0.3) is 5.57 Å². The van der Waals surface area contributed by atoms with Crippen molar-refractivity contribution in [1.29, 1.82) is 0 Å². The fourth-order valence-electron chi connectivity index (χ4n) is 1.55. The number of aryl methyl sites for hydroxylation is 1. The molecule has 0 fully saturated rings. The number of carbonyl (C=O) groups is 1. The summed E-state index contributed by atoms with van der Waals surface area (Å²) in [6.07, 6.45) is 2.87. The van der Waals surface area contributed by atoms with Crippen molar-refractivity contribution in [1.82, 2.24) is 0 Å². The molecule has 100 valence electrons. The molecule has 0 atom stereocenters. The average molecular weight is 278 g/mol. The van der Waals surface area contributed by atoms with E-state index in [0.717, 1.165) is 11.1 Å². The number of hydrogen-bond donors (Lipinski definition) is 0. The van der Waals surface area contributed by atoms with Gasteiger partial charge in [0.25, 0.3) is 0 Å². The Kier molecular flexibility index (Phi) is 5.81. The van der Waals surface area contributed by atoms with Gasteiger partial charge in [-0.3, -0.25) is 0 Å². The second-order valence-corrected chi connectivity index (χ2v) is 3.82. The maximum Gasteiger partial charge on any atom is 0.341 e. The Balaban J connectivity index is 3.29. The minimum absolute atomic E-state index is 0.341. The average Bonchev–Trinajstić information content (AvgIpc) is 2.43. The zero-order valence-electron chi connectivity index (χ0n) is 10.9. The van der Waals surface area contributed by atoms with Crippen molar-refractivity contribution >= 4 is 30.2 Å². The third kappa shape index (κ3) is 3.96. The van der Waals surface area contributed by atoms with E-state index in [-0.39, 0.29) is 0 Å². The first-order valence-electron chi connectivity index (χ1n) is 5.42. The number of nitrogens with zero attached hydrogens (tertiary/aromatic N) is 2. The molecule has 0 saturated carbocycles. The summed E-state index contributed by atoms with van der Waals surface area (Å²) in [6.45, 7) is 1.89. The minimum Gasteiger partial charge on any atom is -0.503 e. The van der Waals surface area contributed by atoms with Crippen LogP contribution in [0, 0.1) is 6.92 Å². The van der Waals surface area contributed by atoms with Gasteiger partial charge in [0.05, 0.1) is 39.1 Å². The highest BCUT2D eigenvalue weighted by Gasteiger charge is 2.15. The molecule has 0 saturated heterocycles. The molecule has 0 aliphatic rings. The lowest BCUT2D eigenvalue weighted by Gasteiger charge is -2.09. The van der Waals surface area contributed by atoms with Crippen LogP contribution in [0.15, 0.2) is 34.0 Å². The summed E-state index contributed by atoms with van der Waals surface area (Å²) in [5.74, 6) is -0.466. The van der Waals surface area contributed by atoms with E-state index in [1.807, 2.05) is 19.1 Å². The summed E-state index contributed by atoms with van der Waals surface area (Å²) in [5.41, 5.74) is 2.75. The zero-order chi connectivity index (χ0) is 14.3. The summed E-state index contributed by atoms with van der Waals surface area (Å²) in [4.78, 5) is 11.7. The summed E-state index contributed by atoms with van der Waals surface area (Å²) in [5, 5.41) is 3.63. The van der Waals surface area contributed by atoms with Gasteiger partial charge < -0.3 is 9.47 Å². The number of hydrogen-bond acceptors (Lipinski definition) is 5. The molecule has 0 unspecified atom stereocenters. The van der Waals surface area contributed by atoms with Crippen LogP contribution in [0.5, 0.6) is 0 Å². The van der Waals surface area contributed by atoms with E-state index in [4.69, 9.17) is 9.47 Å². The number of rotatable bonds is 5. The molecule has 0 amide bonds. The van der Waals surface area contributed by atoms with E-state index in [0.29, 0.717) is 11.1 Å². The first-order chi connectivity index (χ1) is 9.13. The van der Waals surface area contributed by atoms with Crippen LogP contribution in [-0.4, -0.2) is 26.4 Å². The highest BCUT2D eigenvalue weighted by molar-refractivity contribution is 7.47. The van der Waals surface area contributed by atoms with Crippen LogP contribution >= 0.6 is 0 Å². The van der Waals surface area contributed by atoms with Gasteiger partial charge in [0.15, 0.2) is 0 Å². The molecule has 1 rings (SSSR count). The number of esters is 1. The first kappa shape index (κ1) is 15.0. The topological polar surface area (TPSA) is 60.2 Å². The molecule has 0 spiro atoms. The van der Waals surface area contributed by atoms with Gasteiger partial charge in [-0.15, -0.1) is 5.10 Å². The van der Waals surface area contributed by atoms with Gasteiger partial charge in [-0.25, -0.2) is 4.79 Å². The zero-order valence-corrected chi connectivity index (χ0v) is 11.7. The quantitative estimate of drug-likeness (QED) is 0.272. The van der Waals surface area contributed by atoms with Gasteiger partial charge in [0.1, 0.15) is 5.57 Å². The summed E-state index contributed by atoms with van der Waals surface area (Å²) < 4.78 is 12.9. The second kappa shape index (κ2) is 7.38. The molecule has 0 heterocycles. The van der Waals surface area contributed by atoms with Crippen LogP contribution in [0.4, 0.5) is 0 Å². The summed E-state index contributed by atoms with van der Waals surface area (Å²) in [6, 6.07) is 5.51. The predicted octanol–water partition coefficient (Wildman–Crippen LogP) is 2.22. The largest absolute Gasteiger partial charge is 0.503 e. The van der Waals surface area contributed by atoms with Crippen molar-refractivity contribution < 1.29 is 14.3 Å². The highest BCUT2D eigenvalue weighted by Crippen LogP contribution is 2.21. The second-order valence-electron chi connectivity index (χ2n) is 3.66. The van der Waals surface area contributed by atoms with E-state index in [2.05, 4.69) is 22.0 Å². The Bertz CT molecular complexity index is 539. The van der Waals surface area contributed by atoms with Crippen molar-refractivity contribution in [2.24, 2.45) is 9.57 Å².